The van der Waals surface area contributed by atoms with Crippen molar-refractivity contribution in [1.29, 1.82) is 0 Å². The molecule has 1 saturated heterocycles. The van der Waals surface area contributed by atoms with Crippen molar-refractivity contribution in [3.8, 4) is 5.75 Å². The number of hydrogen-bond acceptors (Lipinski definition) is 5. The second-order valence-electron chi connectivity index (χ2n) is 8.33. The predicted octanol–water partition coefficient (Wildman–Crippen LogP) is 2.46. The van der Waals surface area contributed by atoms with Crippen LogP contribution >= 0.6 is 0 Å². The number of nitrogens with one attached hydrogen (secondary N) is 3. The molecule has 1 aliphatic carbocycles. The summed E-state index contributed by atoms with van der Waals surface area (Å²) in [6.07, 6.45) is 1.74. The standard InChI is InChI=1S/C20H27N3O2/c1-11-16-14-9-20(2,3)10-15(24)17(14)18(21-19(16)23-22-11)12-5-7-13(25-4)8-6-12/h5-8,11,16,18-19,21-23H,9-10H2,1-4H3. The van der Waals surface area contributed by atoms with E-state index in [9.17, 15) is 4.79 Å². The lowest BCUT2D eigenvalue weighted by Gasteiger charge is -2.44. The Balaban J connectivity index is 1.80. The minimum atomic E-state index is -0.0645. The van der Waals surface area contributed by atoms with Gasteiger partial charge < -0.3 is 4.74 Å². The van der Waals surface area contributed by atoms with Crippen LogP contribution in [0.3, 0.4) is 0 Å². The van der Waals surface area contributed by atoms with E-state index in [-0.39, 0.29) is 23.4 Å². The first-order valence-corrected chi connectivity index (χ1v) is 9.07. The average Bonchev–Trinajstić information content (AvgIpc) is 2.94. The molecule has 4 atom stereocenters. The van der Waals surface area contributed by atoms with Crippen LogP contribution in [0.25, 0.3) is 0 Å². The van der Waals surface area contributed by atoms with Crippen molar-refractivity contribution in [3.63, 3.8) is 0 Å². The summed E-state index contributed by atoms with van der Waals surface area (Å²) in [4.78, 5) is 13.1. The summed E-state index contributed by atoms with van der Waals surface area (Å²) >= 11 is 0. The Morgan fingerprint density at radius 2 is 1.84 bits per heavy atom. The van der Waals surface area contributed by atoms with Gasteiger partial charge in [-0.2, -0.15) is 0 Å². The monoisotopic (exact) mass is 341 g/mol. The summed E-state index contributed by atoms with van der Waals surface area (Å²) in [6, 6.07) is 8.28. The number of rotatable bonds is 2. The fraction of sp³-hybridized carbons (Fsp3) is 0.550. The number of carbonyl (C=O) groups excluding carboxylic acids is 1. The van der Waals surface area contributed by atoms with Crippen molar-refractivity contribution in [2.75, 3.05) is 7.11 Å². The zero-order chi connectivity index (χ0) is 17.8. The molecule has 134 valence electrons. The van der Waals surface area contributed by atoms with Gasteiger partial charge in [0.25, 0.3) is 0 Å². The Morgan fingerprint density at radius 1 is 1.12 bits per heavy atom. The van der Waals surface area contributed by atoms with Crippen LogP contribution in [0.5, 0.6) is 5.75 Å². The van der Waals surface area contributed by atoms with Crippen LogP contribution in [0.4, 0.5) is 0 Å². The van der Waals surface area contributed by atoms with Gasteiger partial charge in [-0.25, -0.2) is 5.43 Å². The summed E-state index contributed by atoms with van der Waals surface area (Å²) in [7, 11) is 1.67. The molecule has 4 unspecified atom stereocenters. The van der Waals surface area contributed by atoms with Crippen LogP contribution in [0.1, 0.15) is 45.2 Å². The van der Waals surface area contributed by atoms with E-state index in [1.807, 2.05) is 12.1 Å². The maximum atomic E-state index is 13.1. The second-order valence-corrected chi connectivity index (χ2v) is 8.33. The third-order valence-corrected chi connectivity index (χ3v) is 5.81. The Bertz CT molecular complexity index is 723. The lowest BCUT2D eigenvalue weighted by atomic mass is 9.65. The summed E-state index contributed by atoms with van der Waals surface area (Å²) < 4.78 is 5.27. The number of carbonyl (C=O) groups is 1. The van der Waals surface area contributed by atoms with Gasteiger partial charge in [0.2, 0.25) is 0 Å². The van der Waals surface area contributed by atoms with E-state index in [0.717, 1.165) is 23.3 Å². The normalized spacial score (nSPS) is 33.8. The molecule has 3 aliphatic rings. The van der Waals surface area contributed by atoms with Gasteiger partial charge in [0.1, 0.15) is 5.75 Å². The minimum absolute atomic E-state index is 0.0323. The lowest BCUT2D eigenvalue weighted by molar-refractivity contribution is -0.118. The number of ether oxygens (including phenoxy) is 1. The van der Waals surface area contributed by atoms with Crippen LogP contribution in [-0.2, 0) is 4.79 Å². The Kier molecular flexibility index (Phi) is 3.98. The van der Waals surface area contributed by atoms with Crippen molar-refractivity contribution in [3.05, 3.63) is 41.0 Å². The first kappa shape index (κ1) is 16.8. The van der Waals surface area contributed by atoms with E-state index in [4.69, 9.17) is 4.74 Å². The largest absolute Gasteiger partial charge is 0.497 e. The highest BCUT2D eigenvalue weighted by Gasteiger charge is 2.48. The third kappa shape index (κ3) is 2.80. The molecule has 25 heavy (non-hydrogen) atoms. The molecule has 5 nitrogen and oxygen atoms in total. The van der Waals surface area contributed by atoms with Crippen molar-refractivity contribution in [2.24, 2.45) is 11.3 Å². The van der Waals surface area contributed by atoms with Crippen LogP contribution in [0.15, 0.2) is 35.4 Å². The Hall–Kier alpha value is -1.69. The van der Waals surface area contributed by atoms with E-state index in [1.165, 1.54) is 5.57 Å². The fourth-order valence-electron chi connectivity index (χ4n) is 4.69. The third-order valence-electron chi connectivity index (χ3n) is 5.81. The van der Waals surface area contributed by atoms with E-state index in [2.05, 4.69) is 49.1 Å². The first-order chi connectivity index (χ1) is 11.9. The van der Waals surface area contributed by atoms with Crippen LogP contribution < -0.4 is 20.9 Å². The zero-order valence-corrected chi connectivity index (χ0v) is 15.3. The molecule has 2 aliphatic heterocycles. The van der Waals surface area contributed by atoms with E-state index in [1.54, 1.807) is 7.11 Å². The molecule has 2 heterocycles. The average molecular weight is 341 g/mol. The highest BCUT2D eigenvalue weighted by Crippen LogP contribution is 2.48. The molecule has 1 aromatic rings. The quantitative estimate of drug-likeness (QED) is 0.771. The number of ketones is 1. The molecule has 0 saturated carbocycles. The number of benzene rings is 1. The SMILES string of the molecule is COc1ccc(C2NC3NNC(C)C3C3=C2C(=O)CC(C)(C)C3)cc1. The summed E-state index contributed by atoms with van der Waals surface area (Å²) in [6.45, 7) is 6.59. The summed E-state index contributed by atoms with van der Waals surface area (Å²) in [5, 5.41) is 3.66. The van der Waals surface area contributed by atoms with E-state index in [0.29, 0.717) is 18.4 Å². The van der Waals surface area contributed by atoms with Crippen LogP contribution in [-0.4, -0.2) is 25.1 Å². The molecule has 5 heteroatoms. The van der Waals surface area contributed by atoms with Gasteiger partial charge in [-0.15, -0.1) is 0 Å². The highest BCUT2D eigenvalue weighted by molar-refractivity contribution is 5.99. The number of fused-ring (bicyclic) bond motifs is 2. The van der Waals surface area contributed by atoms with Crippen LogP contribution in [0.2, 0.25) is 0 Å². The maximum absolute atomic E-state index is 13.1. The molecular weight excluding hydrogens is 314 g/mol. The van der Waals surface area contributed by atoms with Gasteiger partial charge in [0.15, 0.2) is 5.78 Å². The number of hydrazine groups is 1. The van der Waals surface area contributed by atoms with Gasteiger partial charge in [-0.05, 0) is 36.5 Å². The van der Waals surface area contributed by atoms with Gasteiger partial charge in [0.05, 0.1) is 19.3 Å². The molecular formula is C20H27N3O2. The predicted molar refractivity (Wildman–Crippen MR) is 96.9 cm³/mol. The van der Waals surface area contributed by atoms with Gasteiger partial charge in [-0.1, -0.05) is 31.6 Å². The molecule has 4 rings (SSSR count). The molecule has 0 aromatic heterocycles. The molecule has 0 bridgehead atoms. The minimum Gasteiger partial charge on any atom is -0.497 e. The smallest absolute Gasteiger partial charge is 0.161 e. The van der Waals surface area contributed by atoms with Crippen molar-refractivity contribution in [1.82, 2.24) is 16.2 Å². The van der Waals surface area contributed by atoms with E-state index < -0.39 is 0 Å². The summed E-state index contributed by atoms with van der Waals surface area (Å²) in [5.41, 5.74) is 10.2. The molecule has 1 fully saturated rings. The molecule has 0 radical (unpaired) electrons. The van der Waals surface area contributed by atoms with Crippen molar-refractivity contribution in [2.45, 2.75) is 51.9 Å². The van der Waals surface area contributed by atoms with Gasteiger partial charge in [0, 0.05) is 24.0 Å². The zero-order valence-electron chi connectivity index (χ0n) is 15.3. The lowest BCUT2D eigenvalue weighted by Crippen LogP contribution is -2.52. The van der Waals surface area contributed by atoms with Gasteiger partial charge >= 0.3 is 0 Å². The molecule has 1 aromatic carbocycles. The van der Waals surface area contributed by atoms with Crippen molar-refractivity contribution < 1.29 is 9.53 Å². The maximum Gasteiger partial charge on any atom is 0.161 e. The topological polar surface area (TPSA) is 62.4 Å². The highest BCUT2D eigenvalue weighted by atomic mass is 16.5. The fourth-order valence-corrected chi connectivity index (χ4v) is 4.69. The number of methoxy groups -OCH3 is 1. The summed E-state index contributed by atoms with van der Waals surface area (Å²) in [5.74, 6) is 1.43. The van der Waals surface area contributed by atoms with Crippen molar-refractivity contribution >= 4 is 5.78 Å². The van der Waals surface area contributed by atoms with Crippen LogP contribution in [0, 0.1) is 11.3 Å². The molecule has 0 spiro atoms. The number of Topliss-reactive ketones (excluding diaryl/α,β-unsaturated/α-hetero) is 1. The number of hydrogen-bond donors (Lipinski definition) is 3. The molecule has 0 amide bonds. The molecule has 3 N–H and O–H groups in total. The Morgan fingerprint density at radius 3 is 2.52 bits per heavy atom. The van der Waals surface area contributed by atoms with E-state index >= 15 is 0 Å². The van der Waals surface area contributed by atoms with Gasteiger partial charge in [-0.3, -0.25) is 15.5 Å². The first-order valence-electron chi connectivity index (χ1n) is 9.07. The second kappa shape index (κ2) is 5.94. The Labute approximate surface area is 149 Å².